The molecule has 0 bridgehead atoms. The minimum atomic E-state index is -0.479. The van der Waals surface area contributed by atoms with Gasteiger partial charge in [0.25, 0.3) is 0 Å². The summed E-state index contributed by atoms with van der Waals surface area (Å²) in [6.07, 6.45) is 2.74. The van der Waals surface area contributed by atoms with Crippen molar-refractivity contribution in [2.24, 2.45) is 0 Å². The molecule has 0 aromatic carbocycles. The molecule has 2 atom stereocenters. The van der Waals surface area contributed by atoms with Gasteiger partial charge >= 0.3 is 6.09 Å². The van der Waals surface area contributed by atoms with E-state index in [1.54, 1.807) is 4.90 Å². The van der Waals surface area contributed by atoms with Gasteiger partial charge in [-0.2, -0.15) is 5.10 Å². The van der Waals surface area contributed by atoms with Crippen LogP contribution < -0.4 is 0 Å². The molecule has 0 spiro atoms. The van der Waals surface area contributed by atoms with Gasteiger partial charge in [0.15, 0.2) is 0 Å². The molecule has 0 aliphatic carbocycles. The van der Waals surface area contributed by atoms with Crippen LogP contribution in [0.1, 0.15) is 39.8 Å². The molecule has 0 N–H and O–H groups in total. The fourth-order valence-corrected chi connectivity index (χ4v) is 3.98. The Morgan fingerprint density at radius 1 is 1.48 bits per heavy atom. The Hall–Kier alpha value is -1.21. The first-order valence-corrected chi connectivity index (χ1v) is 9.00. The van der Waals surface area contributed by atoms with Crippen molar-refractivity contribution < 1.29 is 14.3 Å². The van der Waals surface area contributed by atoms with Gasteiger partial charge in [0.2, 0.25) is 0 Å². The maximum Gasteiger partial charge on any atom is 0.410 e. The fraction of sp³-hybridized carbons (Fsp3) is 0.750. The molecule has 23 heavy (non-hydrogen) atoms. The Morgan fingerprint density at radius 2 is 2.26 bits per heavy atom. The Kier molecular flexibility index (Phi) is 4.60. The Bertz CT molecular complexity index is 576. The molecule has 2 aliphatic heterocycles. The summed E-state index contributed by atoms with van der Waals surface area (Å²) in [4.78, 5) is 15.4. The lowest BCUT2D eigenvalue weighted by molar-refractivity contribution is 0.00878. The van der Waals surface area contributed by atoms with Gasteiger partial charge in [-0.05, 0) is 34.1 Å². The zero-order valence-electron chi connectivity index (χ0n) is 14.2. The molecule has 6 nitrogen and oxygen atoms in total. The van der Waals surface area contributed by atoms with E-state index in [9.17, 15) is 4.79 Å². The smallest absolute Gasteiger partial charge is 0.410 e. The van der Waals surface area contributed by atoms with Crippen molar-refractivity contribution in [2.75, 3.05) is 13.2 Å². The van der Waals surface area contributed by atoms with Crippen LogP contribution in [0.4, 0.5) is 4.79 Å². The summed E-state index contributed by atoms with van der Waals surface area (Å²) < 4.78 is 13.0. The molecule has 1 aromatic heterocycles. The standard InChI is InChI=1S/C16H25N3O3S/c1-11-8-19-13(9-18(11)15(20)22-16(2,3)4)14(7-17-19)23-12-5-6-21-10-12/h7,11-12H,5-6,8-10H2,1-4H3. The van der Waals surface area contributed by atoms with Crippen LogP contribution in [-0.4, -0.2) is 50.9 Å². The summed E-state index contributed by atoms with van der Waals surface area (Å²) in [7, 11) is 0. The van der Waals surface area contributed by atoms with Crippen LogP contribution in [0, 0.1) is 0 Å². The van der Waals surface area contributed by atoms with Crippen LogP contribution in [0.25, 0.3) is 0 Å². The van der Waals surface area contributed by atoms with E-state index in [0.717, 1.165) is 30.2 Å². The summed E-state index contributed by atoms with van der Waals surface area (Å²) in [6, 6.07) is 0.0740. The monoisotopic (exact) mass is 339 g/mol. The van der Waals surface area contributed by atoms with Gasteiger partial charge in [-0.15, -0.1) is 11.8 Å². The van der Waals surface area contributed by atoms with Crippen LogP contribution in [0.5, 0.6) is 0 Å². The number of ether oxygens (including phenoxy) is 2. The van der Waals surface area contributed by atoms with E-state index in [0.29, 0.717) is 18.3 Å². The first kappa shape index (κ1) is 16.6. The van der Waals surface area contributed by atoms with Crippen LogP contribution in [0.2, 0.25) is 0 Å². The lowest BCUT2D eigenvalue weighted by Gasteiger charge is -2.35. The lowest BCUT2D eigenvalue weighted by atomic mass is 10.2. The molecule has 1 aromatic rings. The molecule has 1 fully saturated rings. The first-order valence-electron chi connectivity index (χ1n) is 8.12. The molecule has 0 radical (unpaired) electrons. The van der Waals surface area contributed by atoms with Gasteiger partial charge in [-0.1, -0.05) is 0 Å². The SMILES string of the molecule is CC1Cn2ncc(SC3CCOC3)c2CN1C(=O)OC(C)(C)C. The first-order chi connectivity index (χ1) is 10.8. The fourth-order valence-electron chi connectivity index (χ4n) is 2.83. The third kappa shape index (κ3) is 3.83. The predicted molar refractivity (Wildman–Crippen MR) is 88.5 cm³/mol. The van der Waals surface area contributed by atoms with E-state index in [-0.39, 0.29) is 12.1 Å². The maximum absolute atomic E-state index is 12.5. The number of aromatic nitrogens is 2. The van der Waals surface area contributed by atoms with E-state index in [4.69, 9.17) is 9.47 Å². The molecule has 3 rings (SSSR count). The Labute approximate surface area is 141 Å². The largest absolute Gasteiger partial charge is 0.444 e. The number of nitrogens with zero attached hydrogens (tertiary/aromatic N) is 3. The number of carbonyl (C=O) groups excluding carboxylic acids is 1. The average molecular weight is 339 g/mol. The minimum absolute atomic E-state index is 0.0740. The van der Waals surface area contributed by atoms with E-state index in [1.165, 1.54) is 0 Å². The molecule has 2 aliphatic rings. The second-order valence-corrected chi connectivity index (χ2v) is 8.54. The van der Waals surface area contributed by atoms with Crippen molar-refractivity contribution >= 4 is 17.9 Å². The molecular weight excluding hydrogens is 314 g/mol. The van der Waals surface area contributed by atoms with Crippen molar-refractivity contribution in [2.45, 2.75) is 69.0 Å². The van der Waals surface area contributed by atoms with Gasteiger partial charge in [-0.25, -0.2) is 4.79 Å². The Morgan fingerprint density at radius 3 is 2.91 bits per heavy atom. The molecule has 128 valence electrons. The number of thioether (sulfide) groups is 1. The summed E-state index contributed by atoms with van der Waals surface area (Å²) in [5.74, 6) is 0. The summed E-state index contributed by atoms with van der Waals surface area (Å²) in [5, 5.41) is 4.98. The number of hydrogen-bond donors (Lipinski definition) is 0. The van der Waals surface area contributed by atoms with Gasteiger partial charge in [0.05, 0.1) is 42.5 Å². The normalized spacial score (nSPS) is 24.6. The topological polar surface area (TPSA) is 56.6 Å². The van der Waals surface area contributed by atoms with Gasteiger partial charge in [0, 0.05) is 11.9 Å². The predicted octanol–water partition coefficient (Wildman–Crippen LogP) is 2.90. The molecule has 1 saturated heterocycles. The highest BCUT2D eigenvalue weighted by atomic mass is 32.2. The van der Waals surface area contributed by atoms with Crippen molar-refractivity contribution in [1.29, 1.82) is 0 Å². The average Bonchev–Trinajstić information content (AvgIpc) is 3.06. The number of fused-ring (bicyclic) bond motifs is 1. The second-order valence-electron chi connectivity index (χ2n) is 7.20. The van der Waals surface area contributed by atoms with E-state index in [1.807, 2.05) is 50.3 Å². The third-order valence-electron chi connectivity index (χ3n) is 4.01. The van der Waals surface area contributed by atoms with E-state index >= 15 is 0 Å². The van der Waals surface area contributed by atoms with Gasteiger partial charge < -0.3 is 9.47 Å². The number of carbonyl (C=O) groups is 1. The second kappa shape index (κ2) is 6.36. The highest BCUT2D eigenvalue weighted by Gasteiger charge is 2.33. The zero-order valence-corrected chi connectivity index (χ0v) is 15.1. The van der Waals surface area contributed by atoms with Crippen molar-refractivity contribution in [1.82, 2.24) is 14.7 Å². The number of rotatable bonds is 2. The van der Waals surface area contributed by atoms with Gasteiger partial charge in [0.1, 0.15) is 5.60 Å². The Balaban J connectivity index is 1.74. The highest BCUT2D eigenvalue weighted by molar-refractivity contribution is 8.00. The summed E-state index contributed by atoms with van der Waals surface area (Å²) in [5.41, 5.74) is 0.624. The van der Waals surface area contributed by atoms with E-state index < -0.39 is 5.60 Å². The van der Waals surface area contributed by atoms with Crippen molar-refractivity contribution in [3.05, 3.63) is 11.9 Å². The van der Waals surface area contributed by atoms with E-state index in [2.05, 4.69) is 5.10 Å². The van der Waals surface area contributed by atoms with Crippen LogP contribution in [0.3, 0.4) is 0 Å². The molecule has 0 saturated carbocycles. The highest BCUT2D eigenvalue weighted by Crippen LogP contribution is 2.34. The van der Waals surface area contributed by atoms with Crippen LogP contribution >= 0.6 is 11.8 Å². The molecular formula is C16H25N3O3S. The minimum Gasteiger partial charge on any atom is -0.444 e. The zero-order chi connectivity index (χ0) is 16.6. The van der Waals surface area contributed by atoms with Crippen molar-refractivity contribution in [3.63, 3.8) is 0 Å². The third-order valence-corrected chi connectivity index (χ3v) is 5.31. The lowest BCUT2D eigenvalue weighted by Crippen LogP contribution is -2.47. The summed E-state index contributed by atoms with van der Waals surface area (Å²) >= 11 is 1.81. The maximum atomic E-state index is 12.5. The van der Waals surface area contributed by atoms with Gasteiger partial charge in [-0.3, -0.25) is 9.58 Å². The van der Waals surface area contributed by atoms with Crippen LogP contribution in [0.15, 0.2) is 11.1 Å². The van der Waals surface area contributed by atoms with Crippen LogP contribution in [-0.2, 0) is 22.6 Å². The van der Waals surface area contributed by atoms with Crippen molar-refractivity contribution in [3.8, 4) is 0 Å². The molecule has 3 heterocycles. The molecule has 2 unspecified atom stereocenters. The summed E-state index contributed by atoms with van der Waals surface area (Å²) in [6.45, 7) is 10.6. The molecule has 7 heteroatoms. The number of amides is 1. The quantitative estimate of drug-likeness (QED) is 0.829. The number of hydrogen-bond acceptors (Lipinski definition) is 5. The molecule has 1 amide bonds.